The molecule has 5 nitrogen and oxygen atoms in total. The first-order valence-corrected chi connectivity index (χ1v) is 7.37. The maximum Gasteiger partial charge on any atom is 0.160 e. The van der Waals surface area contributed by atoms with Crippen LogP contribution in [0.3, 0.4) is 0 Å². The smallest absolute Gasteiger partial charge is 0.160 e. The molecule has 5 heteroatoms. The summed E-state index contributed by atoms with van der Waals surface area (Å²) in [5.74, 6) is 0.782. The zero-order chi connectivity index (χ0) is 14.8. The second kappa shape index (κ2) is 9.00. The number of hydrogen-bond donors (Lipinski definition) is 1. The van der Waals surface area contributed by atoms with Gasteiger partial charge in [0.05, 0.1) is 6.61 Å². The van der Waals surface area contributed by atoms with E-state index in [1.807, 2.05) is 19.3 Å². The fourth-order valence-corrected chi connectivity index (χ4v) is 2.20. The molecule has 0 bridgehead atoms. The van der Waals surface area contributed by atoms with Crippen LogP contribution in [0.4, 0.5) is 0 Å². The highest BCUT2D eigenvalue weighted by Crippen LogP contribution is 2.30. The lowest BCUT2D eigenvalue weighted by Gasteiger charge is -2.29. The van der Waals surface area contributed by atoms with Crippen molar-refractivity contribution >= 4 is 0 Å². The molecular weight excluding hydrogens is 254 g/mol. The van der Waals surface area contributed by atoms with Gasteiger partial charge in [0.2, 0.25) is 0 Å². The number of hydrogen-bond acceptors (Lipinski definition) is 5. The van der Waals surface area contributed by atoms with Crippen LogP contribution < -0.4 is 5.32 Å². The van der Waals surface area contributed by atoms with Gasteiger partial charge < -0.3 is 14.8 Å². The molecule has 114 valence electrons. The predicted octanol–water partition coefficient (Wildman–Crippen LogP) is 2.26. The molecule has 0 aliphatic carbocycles. The molecule has 0 saturated heterocycles. The van der Waals surface area contributed by atoms with Crippen LogP contribution in [0.1, 0.15) is 45.0 Å². The van der Waals surface area contributed by atoms with Crippen molar-refractivity contribution in [3.05, 3.63) is 23.8 Å². The first kappa shape index (κ1) is 17.0. The molecule has 0 atom stereocenters. The molecule has 0 aliphatic heterocycles. The molecule has 1 aromatic heterocycles. The van der Waals surface area contributed by atoms with Crippen LogP contribution in [0.2, 0.25) is 0 Å². The van der Waals surface area contributed by atoms with Gasteiger partial charge in [0.15, 0.2) is 5.82 Å². The molecule has 0 saturated carbocycles. The summed E-state index contributed by atoms with van der Waals surface area (Å²) in [7, 11) is 1.70. The van der Waals surface area contributed by atoms with E-state index in [4.69, 9.17) is 9.47 Å². The van der Waals surface area contributed by atoms with Gasteiger partial charge in [-0.05, 0) is 19.8 Å². The van der Waals surface area contributed by atoms with Gasteiger partial charge in [0.1, 0.15) is 5.60 Å². The van der Waals surface area contributed by atoms with Gasteiger partial charge >= 0.3 is 0 Å². The van der Waals surface area contributed by atoms with E-state index in [-0.39, 0.29) is 5.60 Å². The van der Waals surface area contributed by atoms with Gasteiger partial charge in [0.25, 0.3) is 0 Å². The molecule has 0 fully saturated rings. The Labute approximate surface area is 122 Å². The second-order valence-corrected chi connectivity index (χ2v) is 4.72. The van der Waals surface area contributed by atoms with Crippen LogP contribution >= 0.6 is 0 Å². The van der Waals surface area contributed by atoms with Crippen molar-refractivity contribution in [1.29, 1.82) is 0 Å². The van der Waals surface area contributed by atoms with Crippen molar-refractivity contribution in [1.82, 2.24) is 15.3 Å². The molecule has 0 radical (unpaired) electrons. The summed E-state index contributed by atoms with van der Waals surface area (Å²) < 4.78 is 10.9. The van der Waals surface area contributed by atoms with E-state index in [1.165, 1.54) is 0 Å². The molecular formula is C15H27N3O2. The summed E-state index contributed by atoms with van der Waals surface area (Å²) in [6, 6.07) is 0. The summed E-state index contributed by atoms with van der Waals surface area (Å²) >= 11 is 0. The minimum atomic E-state index is -0.350. The molecule has 1 aromatic rings. The Morgan fingerprint density at radius 3 is 2.30 bits per heavy atom. The largest absolute Gasteiger partial charge is 0.383 e. The monoisotopic (exact) mass is 281 g/mol. The van der Waals surface area contributed by atoms with Gasteiger partial charge in [0, 0.05) is 44.8 Å². The molecule has 20 heavy (non-hydrogen) atoms. The number of aromatic nitrogens is 2. The number of rotatable bonds is 10. The summed E-state index contributed by atoms with van der Waals surface area (Å²) in [4.78, 5) is 9.01. The van der Waals surface area contributed by atoms with E-state index in [2.05, 4.69) is 29.1 Å². The SMILES string of the molecule is CCOC(CC)(CC)c1ncc(CNCCOC)cn1. The van der Waals surface area contributed by atoms with E-state index >= 15 is 0 Å². The summed E-state index contributed by atoms with van der Waals surface area (Å²) in [6.45, 7) is 9.19. The molecule has 0 amide bonds. The third kappa shape index (κ3) is 4.51. The predicted molar refractivity (Wildman–Crippen MR) is 79.5 cm³/mol. The quantitative estimate of drug-likeness (QED) is 0.667. The minimum absolute atomic E-state index is 0.350. The lowest BCUT2D eigenvalue weighted by Crippen LogP contribution is -2.31. The van der Waals surface area contributed by atoms with Gasteiger partial charge in [-0.15, -0.1) is 0 Å². The fourth-order valence-electron chi connectivity index (χ4n) is 2.20. The highest BCUT2D eigenvalue weighted by atomic mass is 16.5. The maximum atomic E-state index is 5.91. The van der Waals surface area contributed by atoms with Crippen LogP contribution in [0.15, 0.2) is 12.4 Å². The normalized spacial score (nSPS) is 11.8. The number of ether oxygens (including phenoxy) is 2. The third-order valence-corrected chi connectivity index (χ3v) is 3.49. The van der Waals surface area contributed by atoms with Gasteiger partial charge in [-0.2, -0.15) is 0 Å². The van der Waals surface area contributed by atoms with Crippen molar-refractivity contribution in [3.63, 3.8) is 0 Å². The zero-order valence-corrected chi connectivity index (χ0v) is 13.1. The van der Waals surface area contributed by atoms with E-state index in [0.29, 0.717) is 13.2 Å². The van der Waals surface area contributed by atoms with Crippen molar-refractivity contribution in [3.8, 4) is 0 Å². The Balaban J connectivity index is 2.68. The molecule has 1 rings (SSSR count). The van der Waals surface area contributed by atoms with Crippen LogP contribution in [0.5, 0.6) is 0 Å². The summed E-state index contributed by atoms with van der Waals surface area (Å²) in [5.41, 5.74) is 0.721. The zero-order valence-electron chi connectivity index (χ0n) is 13.1. The van der Waals surface area contributed by atoms with Crippen molar-refractivity contribution < 1.29 is 9.47 Å². The molecule has 0 spiro atoms. The first-order valence-electron chi connectivity index (χ1n) is 7.37. The Morgan fingerprint density at radius 2 is 1.80 bits per heavy atom. The average molecular weight is 281 g/mol. The van der Waals surface area contributed by atoms with Crippen LogP contribution in [0.25, 0.3) is 0 Å². The molecule has 0 aromatic carbocycles. The Kier molecular flexibility index (Phi) is 7.65. The summed E-state index contributed by atoms with van der Waals surface area (Å²) in [6.07, 6.45) is 5.51. The number of nitrogens with one attached hydrogen (secondary N) is 1. The topological polar surface area (TPSA) is 56.3 Å². The number of nitrogens with zero attached hydrogens (tertiary/aromatic N) is 2. The maximum absolute atomic E-state index is 5.91. The fraction of sp³-hybridized carbons (Fsp3) is 0.733. The van der Waals surface area contributed by atoms with Gasteiger partial charge in [-0.1, -0.05) is 13.8 Å². The third-order valence-electron chi connectivity index (χ3n) is 3.49. The standard InChI is InChI=1S/C15H27N3O2/c1-5-15(6-2,20-7-3)14-17-11-13(12-18-14)10-16-8-9-19-4/h11-12,16H,5-10H2,1-4H3. The van der Waals surface area contributed by atoms with E-state index in [0.717, 1.165) is 37.3 Å². The molecule has 0 aliphatic rings. The minimum Gasteiger partial charge on any atom is -0.383 e. The van der Waals surface area contributed by atoms with E-state index in [1.54, 1.807) is 7.11 Å². The Bertz CT molecular complexity index is 364. The lowest BCUT2D eigenvalue weighted by molar-refractivity contribution is -0.0572. The van der Waals surface area contributed by atoms with Crippen LogP contribution in [-0.2, 0) is 21.6 Å². The Hall–Kier alpha value is -1.04. The lowest BCUT2D eigenvalue weighted by atomic mass is 9.96. The molecule has 0 unspecified atom stereocenters. The van der Waals surface area contributed by atoms with E-state index < -0.39 is 0 Å². The Morgan fingerprint density at radius 1 is 1.15 bits per heavy atom. The number of methoxy groups -OCH3 is 1. The van der Waals surface area contributed by atoms with Gasteiger partial charge in [-0.3, -0.25) is 0 Å². The molecule has 1 heterocycles. The second-order valence-electron chi connectivity index (χ2n) is 4.72. The van der Waals surface area contributed by atoms with Crippen LogP contribution in [0, 0.1) is 0 Å². The molecule has 1 N–H and O–H groups in total. The highest BCUT2D eigenvalue weighted by Gasteiger charge is 2.31. The van der Waals surface area contributed by atoms with Crippen LogP contribution in [-0.4, -0.2) is 36.8 Å². The first-order chi connectivity index (χ1) is 9.72. The van der Waals surface area contributed by atoms with E-state index in [9.17, 15) is 0 Å². The van der Waals surface area contributed by atoms with Crippen molar-refractivity contribution in [2.75, 3.05) is 26.9 Å². The highest BCUT2D eigenvalue weighted by molar-refractivity contribution is 5.09. The summed E-state index contributed by atoms with van der Waals surface area (Å²) in [5, 5.41) is 3.28. The van der Waals surface area contributed by atoms with Crippen molar-refractivity contribution in [2.24, 2.45) is 0 Å². The van der Waals surface area contributed by atoms with Crippen molar-refractivity contribution in [2.45, 2.75) is 45.8 Å². The van der Waals surface area contributed by atoms with Gasteiger partial charge in [-0.25, -0.2) is 9.97 Å². The average Bonchev–Trinajstić information content (AvgIpc) is 2.50.